The average molecular weight is 404 g/mol. The molecule has 0 bridgehead atoms. The Balaban J connectivity index is -0.000000304. The van der Waals surface area contributed by atoms with Crippen LogP contribution in [0, 0.1) is 0 Å². The highest BCUT2D eigenvalue weighted by Gasteiger charge is 2.38. The maximum Gasteiger partial charge on any atom is 0.490 e. The van der Waals surface area contributed by atoms with E-state index in [-0.39, 0.29) is 5.12 Å². The number of nitrogens with two attached hydrogens (primary N) is 1. The van der Waals surface area contributed by atoms with E-state index in [1.54, 1.807) is 6.92 Å². The minimum Gasteiger partial charge on any atom is -0.475 e. The minimum absolute atomic E-state index is 0.186. The average Bonchev–Trinajstić information content (AvgIpc) is 2.41. The summed E-state index contributed by atoms with van der Waals surface area (Å²) in [6.45, 7) is 4.16. The van der Waals surface area contributed by atoms with Crippen LogP contribution < -0.4 is 11.1 Å². The van der Waals surface area contributed by atoms with Crippen molar-refractivity contribution >= 4 is 28.8 Å². The van der Waals surface area contributed by atoms with Crippen LogP contribution in [0.15, 0.2) is 0 Å². The van der Waals surface area contributed by atoms with Crippen LogP contribution in [0.25, 0.3) is 0 Å². The Kier molecular flexibility index (Phi) is 16.7. The smallest absolute Gasteiger partial charge is 0.475 e. The summed E-state index contributed by atoms with van der Waals surface area (Å²) in [7, 11) is 0. The molecule has 0 amide bonds. The molecule has 7 nitrogen and oxygen atoms in total. The number of carboxylic acid groups (broad SMARTS) is 2. The quantitative estimate of drug-likeness (QED) is 0.387. The van der Waals surface area contributed by atoms with E-state index in [2.05, 4.69) is 5.32 Å². The molecule has 0 radical (unpaired) electrons. The van der Waals surface area contributed by atoms with Crippen LogP contribution in [0.2, 0.25) is 0 Å². The first-order valence-corrected chi connectivity index (χ1v) is 7.29. The van der Waals surface area contributed by atoms with Crippen LogP contribution in [0.4, 0.5) is 26.3 Å². The van der Waals surface area contributed by atoms with Crippen molar-refractivity contribution < 1.29 is 50.9 Å². The SMILES string of the molecule is CC(=O)SCCNCCCN.O=C(O)C(F)(F)F.O=C(O)C(F)(F)F. The lowest BCUT2D eigenvalue weighted by atomic mass is 10.4. The highest BCUT2D eigenvalue weighted by molar-refractivity contribution is 8.13. The van der Waals surface area contributed by atoms with E-state index in [0.29, 0.717) is 0 Å². The Hall–Kier alpha value is -1.54. The van der Waals surface area contributed by atoms with Crippen molar-refractivity contribution in [3.8, 4) is 0 Å². The summed E-state index contributed by atoms with van der Waals surface area (Å²) in [5.74, 6) is -4.65. The lowest BCUT2D eigenvalue weighted by Gasteiger charge is -2.00. The number of halogens is 6. The summed E-state index contributed by atoms with van der Waals surface area (Å²) in [6.07, 6.45) is -9.16. The van der Waals surface area contributed by atoms with Crippen molar-refractivity contribution in [3.63, 3.8) is 0 Å². The number of thioether (sulfide) groups is 1. The van der Waals surface area contributed by atoms with Gasteiger partial charge in [-0.15, -0.1) is 0 Å². The van der Waals surface area contributed by atoms with Crippen molar-refractivity contribution in [2.75, 3.05) is 25.4 Å². The fraction of sp³-hybridized carbons (Fsp3) is 0.727. The van der Waals surface area contributed by atoms with Gasteiger partial charge in [-0.1, -0.05) is 11.8 Å². The number of carboxylic acids is 2. The van der Waals surface area contributed by atoms with E-state index < -0.39 is 24.3 Å². The first-order chi connectivity index (χ1) is 11.2. The summed E-state index contributed by atoms with van der Waals surface area (Å²) in [5.41, 5.74) is 5.29. The zero-order chi connectivity index (χ0) is 20.7. The number of alkyl halides is 6. The van der Waals surface area contributed by atoms with Crippen LogP contribution in [0.5, 0.6) is 0 Å². The van der Waals surface area contributed by atoms with Gasteiger partial charge in [0.05, 0.1) is 0 Å². The zero-order valence-electron chi connectivity index (χ0n) is 12.9. The summed E-state index contributed by atoms with van der Waals surface area (Å²) in [6, 6.07) is 0. The van der Waals surface area contributed by atoms with E-state index in [4.69, 9.17) is 25.5 Å². The number of aliphatic carboxylic acids is 2. The molecule has 0 saturated heterocycles. The largest absolute Gasteiger partial charge is 0.490 e. The van der Waals surface area contributed by atoms with Gasteiger partial charge in [-0.2, -0.15) is 26.3 Å². The van der Waals surface area contributed by atoms with Crippen molar-refractivity contribution in [1.29, 1.82) is 0 Å². The Morgan fingerprint density at radius 2 is 1.32 bits per heavy atom. The molecule has 0 saturated carbocycles. The molecule has 0 aromatic heterocycles. The second-order valence-corrected chi connectivity index (χ2v) is 5.11. The molecular weight excluding hydrogens is 386 g/mol. The lowest BCUT2D eigenvalue weighted by Crippen LogP contribution is -2.21. The molecule has 0 rings (SSSR count). The van der Waals surface area contributed by atoms with Crippen molar-refractivity contribution in [2.45, 2.75) is 25.7 Å². The fourth-order valence-corrected chi connectivity index (χ4v) is 1.15. The number of nitrogens with one attached hydrogen (secondary N) is 1. The summed E-state index contributed by atoms with van der Waals surface area (Å²) < 4.78 is 63.5. The van der Waals surface area contributed by atoms with Gasteiger partial charge in [0, 0.05) is 19.2 Å². The first kappa shape index (κ1) is 28.3. The van der Waals surface area contributed by atoms with Gasteiger partial charge >= 0.3 is 24.3 Å². The molecule has 0 spiro atoms. The fourth-order valence-electron chi connectivity index (χ4n) is 0.619. The Morgan fingerprint density at radius 1 is 0.960 bits per heavy atom. The van der Waals surface area contributed by atoms with E-state index in [0.717, 1.165) is 31.8 Å². The van der Waals surface area contributed by atoms with Crippen LogP contribution in [0.3, 0.4) is 0 Å². The second-order valence-electron chi connectivity index (χ2n) is 3.84. The van der Waals surface area contributed by atoms with E-state index in [9.17, 15) is 31.1 Å². The standard InChI is InChI=1S/C7H16N2OS.2C2HF3O2/c1-7(10)11-6-5-9-4-2-3-8;2*3-2(4,5)1(6)7/h9H,2-6,8H2,1H3;2*(H,6,7). The van der Waals surface area contributed by atoms with Crippen LogP contribution in [0.1, 0.15) is 13.3 Å². The third kappa shape index (κ3) is 27.6. The molecular formula is C11H18F6N2O5S. The maximum absolute atomic E-state index is 10.6. The number of carbonyl (C=O) groups excluding carboxylic acids is 1. The van der Waals surface area contributed by atoms with Crippen molar-refractivity contribution in [3.05, 3.63) is 0 Å². The molecule has 0 atom stereocenters. The summed E-state index contributed by atoms with van der Waals surface area (Å²) >= 11 is 1.36. The van der Waals surface area contributed by atoms with Gasteiger partial charge in [-0.25, -0.2) is 9.59 Å². The number of rotatable bonds is 6. The molecule has 5 N–H and O–H groups in total. The monoisotopic (exact) mass is 404 g/mol. The third-order valence-electron chi connectivity index (χ3n) is 1.63. The molecule has 0 fully saturated rings. The van der Waals surface area contributed by atoms with Crippen molar-refractivity contribution in [2.24, 2.45) is 5.73 Å². The van der Waals surface area contributed by atoms with Crippen LogP contribution >= 0.6 is 11.8 Å². The van der Waals surface area contributed by atoms with Crippen LogP contribution in [-0.4, -0.2) is 65.0 Å². The van der Waals surface area contributed by atoms with Gasteiger partial charge in [-0.05, 0) is 19.5 Å². The molecule has 0 aliphatic carbocycles. The zero-order valence-corrected chi connectivity index (χ0v) is 13.7. The third-order valence-corrected chi connectivity index (χ3v) is 2.44. The molecule has 25 heavy (non-hydrogen) atoms. The maximum atomic E-state index is 10.6. The van der Waals surface area contributed by atoms with Gasteiger partial charge in [0.1, 0.15) is 0 Å². The molecule has 0 aliphatic heterocycles. The highest BCUT2D eigenvalue weighted by atomic mass is 32.2. The Morgan fingerprint density at radius 3 is 1.56 bits per heavy atom. The minimum atomic E-state index is -5.08. The Bertz CT molecular complexity index is 379. The predicted molar refractivity (Wildman–Crippen MR) is 77.1 cm³/mol. The summed E-state index contributed by atoms with van der Waals surface area (Å²) in [5, 5.41) is 17.6. The van der Waals surface area contributed by atoms with E-state index in [1.165, 1.54) is 11.8 Å². The highest BCUT2D eigenvalue weighted by Crippen LogP contribution is 2.13. The van der Waals surface area contributed by atoms with E-state index >= 15 is 0 Å². The van der Waals surface area contributed by atoms with Gasteiger partial charge in [-0.3, -0.25) is 4.79 Å². The van der Waals surface area contributed by atoms with E-state index in [1.807, 2.05) is 0 Å². The van der Waals surface area contributed by atoms with Gasteiger partial charge in [0.15, 0.2) is 5.12 Å². The molecule has 150 valence electrons. The normalized spacial score (nSPS) is 10.7. The van der Waals surface area contributed by atoms with Gasteiger partial charge in [0.2, 0.25) is 0 Å². The molecule has 14 heteroatoms. The molecule has 0 aromatic rings. The summed E-state index contributed by atoms with van der Waals surface area (Å²) in [4.78, 5) is 28.2. The van der Waals surface area contributed by atoms with Gasteiger partial charge in [0.25, 0.3) is 0 Å². The number of carbonyl (C=O) groups is 3. The first-order valence-electron chi connectivity index (χ1n) is 6.30. The molecule has 0 heterocycles. The Labute approximate surface area is 142 Å². The lowest BCUT2D eigenvalue weighted by molar-refractivity contribution is -0.193. The second kappa shape index (κ2) is 14.8. The van der Waals surface area contributed by atoms with Gasteiger partial charge < -0.3 is 21.3 Å². The molecule has 0 aromatic carbocycles. The van der Waals surface area contributed by atoms with Crippen molar-refractivity contribution in [1.82, 2.24) is 5.32 Å². The number of hydrogen-bond acceptors (Lipinski definition) is 6. The van der Waals surface area contributed by atoms with Crippen LogP contribution in [-0.2, 0) is 14.4 Å². The number of hydrogen-bond donors (Lipinski definition) is 4. The molecule has 0 unspecified atom stereocenters. The molecule has 0 aliphatic rings. The predicted octanol–water partition coefficient (Wildman–Crippen LogP) is 1.47. The topological polar surface area (TPSA) is 130 Å².